The van der Waals surface area contributed by atoms with Crippen LogP contribution in [-0.2, 0) is 11.3 Å². The second kappa shape index (κ2) is 10.0. The lowest BCUT2D eigenvalue weighted by molar-refractivity contribution is 0.0211. The highest BCUT2D eigenvalue weighted by molar-refractivity contribution is 5.95. The molecule has 1 amide bonds. The van der Waals surface area contributed by atoms with Crippen LogP contribution < -0.4 is 14.8 Å². The molecule has 0 radical (unpaired) electrons. The van der Waals surface area contributed by atoms with Gasteiger partial charge in [-0.15, -0.1) is 0 Å². The lowest BCUT2D eigenvalue weighted by atomic mass is 10.0. The van der Waals surface area contributed by atoms with E-state index in [-0.39, 0.29) is 5.91 Å². The number of benzene rings is 1. The first-order valence-electron chi connectivity index (χ1n) is 14.1. The van der Waals surface area contributed by atoms with Gasteiger partial charge in [0.25, 0.3) is 12.3 Å². The van der Waals surface area contributed by atoms with E-state index in [4.69, 9.17) is 19.2 Å². The van der Waals surface area contributed by atoms with Crippen LogP contribution in [0.4, 0.5) is 5.69 Å². The van der Waals surface area contributed by atoms with Gasteiger partial charge in [-0.2, -0.15) is 0 Å². The number of amides is 1. The van der Waals surface area contributed by atoms with E-state index in [2.05, 4.69) is 16.3 Å². The van der Waals surface area contributed by atoms with E-state index in [1.54, 1.807) is 0 Å². The minimum Gasteiger partial charge on any atom is -0.477 e. The van der Waals surface area contributed by atoms with E-state index in [1.807, 2.05) is 29.2 Å². The normalized spacial score (nSPS) is 27.1. The molecule has 3 atom stereocenters. The molecule has 3 saturated heterocycles. The molecule has 4 fully saturated rings. The topological polar surface area (TPSA) is 96.4 Å². The van der Waals surface area contributed by atoms with Crippen LogP contribution in [0.15, 0.2) is 30.3 Å². The van der Waals surface area contributed by atoms with Gasteiger partial charge in [-0.05, 0) is 67.2 Å². The van der Waals surface area contributed by atoms with Gasteiger partial charge in [-0.3, -0.25) is 9.69 Å². The molecule has 1 aromatic heterocycles. The molecule has 2 aromatic rings. The molecule has 5 aliphatic rings. The van der Waals surface area contributed by atoms with Crippen LogP contribution >= 0.6 is 0 Å². The number of likely N-dealkylation sites (tertiary alicyclic amines) is 2. The van der Waals surface area contributed by atoms with Crippen molar-refractivity contribution in [2.24, 2.45) is 17.8 Å². The summed E-state index contributed by atoms with van der Waals surface area (Å²) in [6.07, 6.45) is 3.35. The van der Waals surface area contributed by atoms with Crippen molar-refractivity contribution in [3.8, 4) is 11.6 Å². The minimum atomic E-state index is -0.967. The van der Waals surface area contributed by atoms with Gasteiger partial charge in [-0.25, -0.2) is 4.98 Å². The van der Waals surface area contributed by atoms with Crippen molar-refractivity contribution in [1.82, 2.24) is 14.8 Å². The van der Waals surface area contributed by atoms with E-state index < -0.39 is 6.41 Å². The molecule has 1 unspecified atom stereocenters. The zero-order chi connectivity index (χ0) is 25.6. The predicted molar refractivity (Wildman–Crippen MR) is 140 cm³/mol. The Kier molecular flexibility index (Phi) is 6.38. The van der Waals surface area contributed by atoms with Gasteiger partial charge in [0.1, 0.15) is 5.75 Å². The second-order valence-electron chi connectivity index (χ2n) is 11.6. The van der Waals surface area contributed by atoms with Gasteiger partial charge < -0.3 is 29.5 Å². The van der Waals surface area contributed by atoms with E-state index in [1.165, 1.54) is 5.56 Å². The molecule has 9 heteroatoms. The quantitative estimate of drug-likeness (QED) is 0.575. The summed E-state index contributed by atoms with van der Waals surface area (Å²) >= 11 is 0. The van der Waals surface area contributed by atoms with E-state index in [0.717, 1.165) is 88.6 Å². The Bertz CT molecular complexity index is 1180. The summed E-state index contributed by atoms with van der Waals surface area (Å²) in [7, 11) is 0. The largest absolute Gasteiger partial charge is 0.477 e. The van der Waals surface area contributed by atoms with E-state index >= 15 is 0 Å². The number of rotatable bonds is 7. The van der Waals surface area contributed by atoms with Crippen molar-refractivity contribution in [3.05, 3.63) is 47.2 Å². The Labute approximate surface area is 223 Å². The average molecular weight is 521 g/mol. The number of carbonyl (C=O) groups excluding carboxylic acids is 1. The number of fused-ring (bicyclic) bond motifs is 2. The summed E-state index contributed by atoms with van der Waals surface area (Å²) in [4.78, 5) is 22.9. The van der Waals surface area contributed by atoms with Gasteiger partial charge in [-0.1, -0.05) is 6.07 Å². The fraction of sp³-hybridized carbons (Fsp3) is 0.586. The average Bonchev–Trinajstić information content (AvgIpc) is 3.46. The fourth-order valence-corrected chi connectivity index (χ4v) is 6.42. The predicted octanol–water partition coefficient (Wildman–Crippen LogP) is 3.05. The molecule has 2 N–H and O–H groups in total. The third-order valence-electron chi connectivity index (χ3n) is 8.69. The van der Waals surface area contributed by atoms with Crippen LogP contribution in [0.1, 0.15) is 53.2 Å². The van der Waals surface area contributed by atoms with Crippen molar-refractivity contribution in [2.75, 3.05) is 51.3 Å². The number of ether oxygens (including phenoxy) is 3. The second-order valence-corrected chi connectivity index (χ2v) is 11.6. The number of anilines is 1. The number of hydrogen-bond acceptors (Lipinski definition) is 8. The summed E-state index contributed by atoms with van der Waals surface area (Å²) < 4.78 is 17.0. The molecule has 38 heavy (non-hydrogen) atoms. The number of aromatic nitrogens is 1. The highest BCUT2D eigenvalue weighted by Gasteiger charge is 2.42. The summed E-state index contributed by atoms with van der Waals surface area (Å²) in [5, 5.41) is 12.5. The molecule has 7 rings (SSSR count). The maximum absolute atomic E-state index is 13.6. The van der Waals surface area contributed by atoms with Crippen LogP contribution in [0.3, 0.4) is 0 Å². The van der Waals surface area contributed by atoms with Crippen LogP contribution in [0, 0.1) is 17.8 Å². The molecule has 9 nitrogen and oxygen atoms in total. The smallest absolute Gasteiger partial charge is 0.279 e. The van der Waals surface area contributed by atoms with Gasteiger partial charge in [0.2, 0.25) is 5.88 Å². The van der Waals surface area contributed by atoms with Crippen molar-refractivity contribution >= 4 is 11.6 Å². The van der Waals surface area contributed by atoms with Crippen LogP contribution in [0.2, 0.25) is 0 Å². The number of carbonyl (C=O) groups is 1. The summed E-state index contributed by atoms with van der Waals surface area (Å²) in [6, 6.07) is 9.91. The first kappa shape index (κ1) is 24.2. The third kappa shape index (κ3) is 5.07. The minimum absolute atomic E-state index is 0.105. The first-order chi connectivity index (χ1) is 18.6. The molecule has 1 saturated carbocycles. The number of aliphatic hydroxyl groups excluding tert-OH is 1. The SMILES string of the molecule is O=C(c1cc(OCC2CCOCC2)nc(C2CC2)c1)N1C[C@@H]2CN(Cc3ccc4c(c3)OC(O)N4)C[C@H]2C1. The highest BCUT2D eigenvalue weighted by atomic mass is 16.6. The molecular formula is C29H36N4O5. The van der Waals surface area contributed by atoms with E-state index in [9.17, 15) is 9.90 Å². The van der Waals surface area contributed by atoms with E-state index in [0.29, 0.717) is 41.9 Å². The number of aliphatic hydroxyl groups is 1. The maximum Gasteiger partial charge on any atom is 0.279 e. The maximum atomic E-state index is 13.6. The first-order valence-corrected chi connectivity index (χ1v) is 14.1. The Morgan fingerprint density at radius 2 is 1.84 bits per heavy atom. The molecule has 1 aliphatic carbocycles. The van der Waals surface area contributed by atoms with Crippen LogP contribution in [0.5, 0.6) is 11.6 Å². The Hall–Kier alpha value is -2.88. The number of nitrogens with one attached hydrogen (secondary N) is 1. The standard InChI is InChI=1S/C29H36N4O5/c34-28(21-10-25(20-2-3-20)30-27(11-21)37-17-18-5-7-36-8-6-18)33-15-22-13-32(14-23(22)16-33)12-19-1-4-24-26(9-19)38-29(35)31-24/h1,4,9-11,18,20,22-23,29,31,35H,2-3,5-8,12-17H2/t22-,23-,29?/m0/s1. The van der Waals surface area contributed by atoms with Crippen molar-refractivity contribution in [2.45, 2.75) is 44.6 Å². The summed E-state index contributed by atoms with van der Waals surface area (Å²) in [6.45, 7) is 6.63. The van der Waals surface area contributed by atoms with Crippen LogP contribution in [0.25, 0.3) is 0 Å². The van der Waals surface area contributed by atoms with Gasteiger partial charge >= 0.3 is 0 Å². The molecule has 0 bridgehead atoms. The molecule has 5 heterocycles. The zero-order valence-electron chi connectivity index (χ0n) is 21.7. The van der Waals surface area contributed by atoms with Crippen LogP contribution in [-0.4, -0.2) is 78.2 Å². The lowest BCUT2D eigenvalue weighted by Gasteiger charge is -2.23. The van der Waals surface area contributed by atoms with Gasteiger partial charge in [0.05, 0.1) is 12.3 Å². The fourth-order valence-electron chi connectivity index (χ4n) is 6.42. The Balaban J connectivity index is 0.975. The zero-order valence-corrected chi connectivity index (χ0v) is 21.7. The van der Waals surface area contributed by atoms with Crippen molar-refractivity contribution in [1.29, 1.82) is 0 Å². The Morgan fingerprint density at radius 1 is 1.05 bits per heavy atom. The van der Waals surface area contributed by atoms with Gasteiger partial charge in [0, 0.05) is 69.2 Å². The Morgan fingerprint density at radius 3 is 2.61 bits per heavy atom. The molecule has 0 spiro atoms. The number of hydrogen-bond donors (Lipinski definition) is 2. The highest BCUT2D eigenvalue weighted by Crippen LogP contribution is 2.41. The van der Waals surface area contributed by atoms with Gasteiger partial charge in [0.15, 0.2) is 0 Å². The monoisotopic (exact) mass is 520 g/mol. The van der Waals surface area contributed by atoms with Crippen molar-refractivity contribution < 1.29 is 24.1 Å². The third-order valence-corrected chi connectivity index (χ3v) is 8.69. The summed E-state index contributed by atoms with van der Waals surface area (Å²) in [5.74, 6) is 3.32. The molecule has 1 aromatic carbocycles. The molecule has 202 valence electrons. The molecular weight excluding hydrogens is 484 g/mol. The van der Waals surface area contributed by atoms with Crippen molar-refractivity contribution in [3.63, 3.8) is 0 Å². The number of pyridine rings is 1. The summed E-state index contributed by atoms with van der Waals surface area (Å²) in [5.41, 5.74) is 3.72. The lowest BCUT2D eigenvalue weighted by Crippen LogP contribution is -2.33. The number of nitrogens with zero attached hydrogens (tertiary/aromatic N) is 3. The molecule has 4 aliphatic heterocycles.